The molecule has 8 heteroatoms. The molecule has 0 radical (unpaired) electrons. The van der Waals surface area contributed by atoms with Gasteiger partial charge in [-0.2, -0.15) is 0 Å². The van der Waals surface area contributed by atoms with Crippen LogP contribution in [0.2, 0.25) is 0 Å². The highest BCUT2D eigenvalue weighted by atomic mass is 32.2. The number of benzene rings is 1. The van der Waals surface area contributed by atoms with Gasteiger partial charge in [0, 0.05) is 25.4 Å². The molecule has 0 atom stereocenters. The predicted molar refractivity (Wildman–Crippen MR) is 68.3 cm³/mol. The van der Waals surface area contributed by atoms with Gasteiger partial charge in [-0.3, -0.25) is 0 Å². The van der Waals surface area contributed by atoms with E-state index in [-0.39, 0.29) is 17.1 Å². The summed E-state index contributed by atoms with van der Waals surface area (Å²) < 4.78 is 39.1. The molecule has 2 rings (SSSR count). The van der Waals surface area contributed by atoms with Crippen LogP contribution in [-0.4, -0.2) is 24.9 Å². The molecule has 0 saturated carbocycles. The second-order valence-electron chi connectivity index (χ2n) is 3.87. The minimum Gasteiger partial charge on any atom is -0.398 e. The second-order valence-corrected chi connectivity index (χ2v) is 5.60. The van der Waals surface area contributed by atoms with Gasteiger partial charge in [-0.1, -0.05) is 0 Å². The van der Waals surface area contributed by atoms with Crippen LogP contribution in [0.5, 0.6) is 0 Å². The van der Waals surface area contributed by atoms with E-state index >= 15 is 0 Å². The number of nitrogens with two attached hydrogens (primary N) is 1. The van der Waals surface area contributed by atoms with Crippen molar-refractivity contribution >= 4 is 15.7 Å². The van der Waals surface area contributed by atoms with Crippen molar-refractivity contribution in [2.24, 2.45) is 0 Å². The average Bonchev–Trinajstić information content (AvgIpc) is 2.81. The van der Waals surface area contributed by atoms with Gasteiger partial charge < -0.3 is 10.7 Å². The third-order valence-electron chi connectivity index (χ3n) is 2.47. The molecule has 0 amide bonds. The molecule has 0 spiro atoms. The summed E-state index contributed by atoms with van der Waals surface area (Å²) in [4.78, 5) is 6.70. The molecule has 2 aromatic rings. The van der Waals surface area contributed by atoms with Crippen molar-refractivity contribution in [1.29, 1.82) is 0 Å². The Balaban J connectivity index is 2.05. The van der Waals surface area contributed by atoms with Crippen LogP contribution < -0.4 is 10.5 Å². The molecule has 1 aromatic carbocycles. The molecule has 4 N–H and O–H groups in total. The molecule has 0 bridgehead atoms. The zero-order chi connectivity index (χ0) is 13.9. The monoisotopic (exact) mass is 284 g/mol. The fraction of sp³-hybridized carbons (Fsp3) is 0.182. The van der Waals surface area contributed by atoms with Crippen LogP contribution in [0.25, 0.3) is 0 Å². The maximum Gasteiger partial charge on any atom is 0.242 e. The lowest BCUT2D eigenvalue weighted by Crippen LogP contribution is -2.27. The van der Waals surface area contributed by atoms with E-state index in [2.05, 4.69) is 14.7 Å². The summed E-state index contributed by atoms with van der Waals surface area (Å²) >= 11 is 0. The molecule has 6 nitrogen and oxygen atoms in total. The highest BCUT2D eigenvalue weighted by Gasteiger charge is 2.17. The minimum atomic E-state index is -3.74. The van der Waals surface area contributed by atoms with Gasteiger partial charge in [0.1, 0.15) is 16.5 Å². The number of aromatic nitrogens is 2. The predicted octanol–water partition coefficient (Wildman–Crippen LogP) is 0.652. The van der Waals surface area contributed by atoms with Crippen LogP contribution in [-0.2, 0) is 16.4 Å². The summed E-state index contributed by atoms with van der Waals surface area (Å²) in [5, 5.41) is 0. The molecule has 0 aliphatic rings. The van der Waals surface area contributed by atoms with Gasteiger partial charge in [0.25, 0.3) is 0 Å². The number of nitrogens with zero attached hydrogens (tertiary/aromatic N) is 1. The number of nitrogen functional groups attached to an aromatic ring is 1. The molecule has 0 saturated heterocycles. The molecular weight excluding hydrogens is 271 g/mol. The van der Waals surface area contributed by atoms with Crippen LogP contribution in [0.3, 0.4) is 0 Å². The molecule has 0 unspecified atom stereocenters. The number of anilines is 1. The van der Waals surface area contributed by atoms with Crippen LogP contribution in [0.1, 0.15) is 5.82 Å². The number of imidazole rings is 1. The van der Waals surface area contributed by atoms with Crippen molar-refractivity contribution in [3.8, 4) is 0 Å². The van der Waals surface area contributed by atoms with Crippen molar-refractivity contribution in [3.05, 3.63) is 42.2 Å². The van der Waals surface area contributed by atoms with Gasteiger partial charge in [-0.05, 0) is 18.2 Å². The van der Waals surface area contributed by atoms with Gasteiger partial charge in [0.05, 0.1) is 5.69 Å². The second kappa shape index (κ2) is 5.37. The van der Waals surface area contributed by atoms with Gasteiger partial charge in [0.2, 0.25) is 10.0 Å². The molecule has 0 aliphatic heterocycles. The van der Waals surface area contributed by atoms with Crippen molar-refractivity contribution in [2.45, 2.75) is 11.3 Å². The molecule has 1 aromatic heterocycles. The van der Waals surface area contributed by atoms with Crippen molar-refractivity contribution in [2.75, 3.05) is 12.3 Å². The van der Waals surface area contributed by atoms with Gasteiger partial charge in [0.15, 0.2) is 0 Å². The maximum absolute atomic E-state index is 12.9. The fourth-order valence-corrected chi connectivity index (χ4v) is 2.72. The summed E-state index contributed by atoms with van der Waals surface area (Å²) in [6.07, 6.45) is 3.66. The van der Waals surface area contributed by atoms with Crippen molar-refractivity contribution in [1.82, 2.24) is 14.7 Å². The lowest BCUT2D eigenvalue weighted by atomic mass is 10.3. The Morgan fingerprint density at radius 3 is 2.84 bits per heavy atom. The normalized spacial score (nSPS) is 11.6. The number of aromatic amines is 1. The number of H-pyrrole nitrogens is 1. The van der Waals surface area contributed by atoms with E-state index in [9.17, 15) is 12.8 Å². The van der Waals surface area contributed by atoms with E-state index in [1.807, 2.05) is 0 Å². The maximum atomic E-state index is 12.9. The fourth-order valence-electron chi connectivity index (χ4n) is 1.58. The quantitative estimate of drug-likeness (QED) is 0.702. The highest BCUT2D eigenvalue weighted by molar-refractivity contribution is 7.89. The van der Waals surface area contributed by atoms with E-state index in [0.29, 0.717) is 12.2 Å². The average molecular weight is 284 g/mol. The Hall–Kier alpha value is -1.93. The van der Waals surface area contributed by atoms with E-state index in [0.717, 1.165) is 18.2 Å². The summed E-state index contributed by atoms with van der Waals surface area (Å²) in [7, 11) is -3.74. The number of halogens is 1. The standard InChI is InChI=1S/C11H13FN4O2S/c12-8-1-2-10(9(13)7-8)19(17,18)16-4-3-11-14-5-6-15-11/h1-2,5-7,16H,3-4,13H2,(H,14,15). The first-order valence-electron chi connectivity index (χ1n) is 5.52. The molecule has 1 heterocycles. The summed E-state index contributed by atoms with van der Waals surface area (Å²) in [6.45, 7) is 0.173. The Bertz CT molecular complexity index is 655. The lowest BCUT2D eigenvalue weighted by Gasteiger charge is -2.08. The van der Waals surface area contributed by atoms with Crippen LogP contribution in [0.4, 0.5) is 10.1 Å². The SMILES string of the molecule is Nc1cc(F)ccc1S(=O)(=O)NCCc1ncc[nH]1. The van der Waals surface area contributed by atoms with Crippen LogP contribution in [0.15, 0.2) is 35.5 Å². The molecule has 102 valence electrons. The van der Waals surface area contributed by atoms with E-state index in [4.69, 9.17) is 5.73 Å². The Morgan fingerprint density at radius 1 is 1.42 bits per heavy atom. The number of hydrogen-bond acceptors (Lipinski definition) is 4. The van der Waals surface area contributed by atoms with Gasteiger partial charge in [-0.25, -0.2) is 22.5 Å². The van der Waals surface area contributed by atoms with Crippen LogP contribution in [0, 0.1) is 5.82 Å². The smallest absolute Gasteiger partial charge is 0.242 e. The minimum absolute atomic E-state index is 0.120. The number of sulfonamides is 1. The molecule has 0 fully saturated rings. The molecule has 0 aliphatic carbocycles. The topological polar surface area (TPSA) is 101 Å². The first kappa shape index (κ1) is 13.5. The van der Waals surface area contributed by atoms with Crippen molar-refractivity contribution in [3.63, 3.8) is 0 Å². The van der Waals surface area contributed by atoms with E-state index in [1.165, 1.54) is 0 Å². The largest absolute Gasteiger partial charge is 0.398 e. The first-order valence-corrected chi connectivity index (χ1v) is 7.00. The Labute approximate surface area is 109 Å². The summed E-state index contributed by atoms with van der Waals surface area (Å²) in [6, 6.07) is 3.17. The van der Waals surface area contributed by atoms with Gasteiger partial charge in [-0.15, -0.1) is 0 Å². The lowest BCUT2D eigenvalue weighted by molar-refractivity contribution is 0.580. The zero-order valence-corrected chi connectivity index (χ0v) is 10.7. The van der Waals surface area contributed by atoms with Crippen molar-refractivity contribution < 1.29 is 12.8 Å². The Kier molecular flexibility index (Phi) is 3.82. The zero-order valence-electron chi connectivity index (χ0n) is 9.93. The van der Waals surface area contributed by atoms with Gasteiger partial charge >= 0.3 is 0 Å². The third kappa shape index (κ3) is 3.30. The number of nitrogens with one attached hydrogen (secondary N) is 2. The molecule has 19 heavy (non-hydrogen) atoms. The van der Waals surface area contributed by atoms with Crippen LogP contribution >= 0.6 is 0 Å². The molecular formula is C11H13FN4O2S. The van der Waals surface area contributed by atoms with E-state index in [1.54, 1.807) is 12.4 Å². The summed E-state index contributed by atoms with van der Waals surface area (Å²) in [5.74, 6) is 0.0989. The third-order valence-corrected chi connectivity index (χ3v) is 4.01. The summed E-state index contributed by atoms with van der Waals surface area (Å²) in [5.41, 5.74) is 5.38. The Morgan fingerprint density at radius 2 is 2.21 bits per heavy atom. The first-order chi connectivity index (χ1) is 8.99. The van der Waals surface area contributed by atoms with E-state index < -0.39 is 15.8 Å². The highest BCUT2D eigenvalue weighted by Crippen LogP contribution is 2.18. The number of rotatable bonds is 5. The number of hydrogen-bond donors (Lipinski definition) is 3.